The molecule has 6 aliphatic rings. The van der Waals surface area contributed by atoms with Crippen molar-refractivity contribution in [3.63, 3.8) is 0 Å². The quantitative estimate of drug-likeness (QED) is 0.194. The molecule has 6 rings (SSSR count). The molecular weight excluding hydrogens is 670 g/mol. The van der Waals surface area contributed by atoms with Crippen LogP contribution in [0.1, 0.15) is 104 Å². The normalized spacial score (nSPS) is 44.2. The van der Waals surface area contributed by atoms with E-state index in [9.17, 15) is 5.11 Å². The molecule has 1 aliphatic heterocycles. The number of rotatable bonds is 5. The van der Waals surface area contributed by atoms with Crippen molar-refractivity contribution >= 4 is 20.2 Å². The molecule has 1 heterocycles. The Bertz CT molecular complexity index is 924. The van der Waals surface area contributed by atoms with E-state index in [1.54, 1.807) is 0 Å². The van der Waals surface area contributed by atoms with E-state index in [1.807, 2.05) is 0 Å². The summed E-state index contributed by atoms with van der Waals surface area (Å²) in [6.45, 7) is 17.4. The summed E-state index contributed by atoms with van der Waals surface area (Å²) in [7, 11) is 9.59. The van der Waals surface area contributed by atoms with Gasteiger partial charge in [-0.3, -0.25) is 0 Å². The average molecular weight is 741 g/mol. The van der Waals surface area contributed by atoms with Gasteiger partial charge in [0.15, 0.2) is 0 Å². The van der Waals surface area contributed by atoms with Crippen LogP contribution in [0.2, 0.25) is 0 Å². The summed E-state index contributed by atoms with van der Waals surface area (Å²) in [5, 5.41) is 33.4. The fraction of sp³-hybridized carbons (Fsp3) is 1.00. The first-order chi connectivity index (χ1) is 22.8. The second-order valence-corrected chi connectivity index (χ2v) is 19.0. The second-order valence-electron chi connectivity index (χ2n) is 17.0. The van der Waals surface area contributed by atoms with Gasteiger partial charge in [-0.1, -0.05) is 33.6 Å². The van der Waals surface area contributed by atoms with Gasteiger partial charge in [0.05, 0.1) is 6.10 Å². The van der Waals surface area contributed by atoms with Crippen LogP contribution in [-0.4, -0.2) is 88.2 Å². The van der Waals surface area contributed by atoms with Crippen molar-refractivity contribution in [3.8, 4) is 0 Å². The Morgan fingerprint density at radius 3 is 2.15 bits per heavy atom. The average Bonchev–Trinajstić information content (AvgIpc) is 3.42. The molecule has 0 aromatic rings. The standard InChI is InChI=1S/C37H70N6O.2ClH.Mn/c1-26(23-40-24-28-25-43-35-7-5-4-6-34(35)42-21-19-39-17-16-38-18-20-41-28)31-10-11-32-30-9-8-27-22-29(44)12-14-36(27,2)33(30)13-15-37(31,32)3;;;/h26-35,38-44H,4-25H2,1-3H3;2*1H;/q;;;+2/p-2/t26-,27?,28?,29?,30?,31+,32?,33?,34?,35?,36-,37+;;;/m0.../s1. The van der Waals surface area contributed by atoms with Gasteiger partial charge >= 0.3 is 33.3 Å². The van der Waals surface area contributed by atoms with E-state index in [2.05, 4.69) is 52.7 Å². The fourth-order valence-electron chi connectivity index (χ4n) is 12.1. The Labute approximate surface area is 302 Å². The van der Waals surface area contributed by atoms with E-state index in [0.717, 1.165) is 107 Å². The van der Waals surface area contributed by atoms with Crippen LogP contribution in [0.3, 0.4) is 0 Å². The molecule has 12 atom stereocenters. The third kappa shape index (κ3) is 9.83. The Balaban J connectivity index is 0.00000139. The molecule has 47 heavy (non-hydrogen) atoms. The SMILES string of the molecule is C[C@@H](CNCC1CNC2CCCCC2NCCNCCNCCN1)[C@H]1CCC2C3CCC4CC(O)CC[C@]4(C)C3CC[C@@]21C.[Cl][Mn][Cl]. The van der Waals surface area contributed by atoms with Crippen molar-refractivity contribution in [2.45, 2.75) is 128 Å². The summed E-state index contributed by atoms with van der Waals surface area (Å²) < 4.78 is 0. The first kappa shape index (κ1) is 39.0. The molecule has 0 aromatic carbocycles. The van der Waals surface area contributed by atoms with E-state index in [-0.39, 0.29) is 19.2 Å². The van der Waals surface area contributed by atoms with E-state index in [0.29, 0.717) is 29.0 Å². The number of aliphatic hydroxyl groups excluding tert-OH is 1. The van der Waals surface area contributed by atoms with Crippen molar-refractivity contribution in [1.29, 1.82) is 0 Å². The first-order valence-electron chi connectivity index (χ1n) is 19.7. The molecule has 10 heteroatoms. The Hall–Kier alpha value is 0.819. The van der Waals surface area contributed by atoms with Crippen molar-refractivity contribution in [2.75, 3.05) is 58.9 Å². The Kier molecular flexibility index (Phi) is 15.8. The predicted octanol–water partition coefficient (Wildman–Crippen LogP) is 5.25. The third-order valence-corrected chi connectivity index (χ3v) is 14.6. The fourth-order valence-corrected chi connectivity index (χ4v) is 12.1. The van der Waals surface area contributed by atoms with Crippen LogP contribution in [0.15, 0.2) is 0 Å². The summed E-state index contributed by atoms with van der Waals surface area (Å²) in [5.74, 6) is 5.11. The van der Waals surface area contributed by atoms with Crippen LogP contribution >= 0.6 is 20.2 Å². The van der Waals surface area contributed by atoms with Gasteiger partial charge in [-0.05, 0) is 124 Å². The van der Waals surface area contributed by atoms with Crippen LogP contribution in [0, 0.1) is 46.3 Å². The molecule has 6 fully saturated rings. The maximum absolute atomic E-state index is 10.4. The van der Waals surface area contributed by atoms with Crippen molar-refractivity contribution in [2.24, 2.45) is 46.3 Å². The topological polar surface area (TPSA) is 92.4 Å². The van der Waals surface area contributed by atoms with E-state index in [1.165, 1.54) is 70.6 Å². The zero-order chi connectivity index (χ0) is 33.3. The van der Waals surface area contributed by atoms with Gasteiger partial charge in [0.2, 0.25) is 0 Å². The molecule has 7 N–H and O–H groups in total. The number of hydrogen-bond acceptors (Lipinski definition) is 7. The summed E-state index contributed by atoms with van der Waals surface area (Å²) in [4.78, 5) is 0. The van der Waals surface area contributed by atoms with E-state index in [4.69, 9.17) is 20.2 Å². The van der Waals surface area contributed by atoms with Gasteiger partial charge in [-0.2, -0.15) is 0 Å². The van der Waals surface area contributed by atoms with Gasteiger partial charge in [0.25, 0.3) is 0 Å². The van der Waals surface area contributed by atoms with Crippen LogP contribution in [-0.2, 0) is 13.1 Å². The zero-order valence-corrected chi connectivity index (χ0v) is 32.6. The first-order valence-corrected chi connectivity index (χ1v) is 22.9. The number of fused-ring (bicyclic) bond motifs is 6. The molecule has 7 nitrogen and oxygen atoms in total. The Morgan fingerprint density at radius 2 is 1.40 bits per heavy atom. The second kappa shape index (κ2) is 19.1. The molecule has 5 saturated carbocycles. The van der Waals surface area contributed by atoms with Gasteiger partial charge in [-0.15, -0.1) is 0 Å². The predicted molar refractivity (Wildman–Crippen MR) is 195 cm³/mol. The van der Waals surface area contributed by atoms with Crippen molar-refractivity contribution in [3.05, 3.63) is 0 Å². The number of aliphatic hydroxyl groups is 1. The van der Waals surface area contributed by atoms with Crippen LogP contribution < -0.4 is 31.9 Å². The van der Waals surface area contributed by atoms with Crippen LogP contribution in [0.25, 0.3) is 0 Å². The molecule has 275 valence electrons. The van der Waals surface area contributed by atoms with Crippen LogP contribution in [0.5, 0.6) is 0 Å². The number of nitrogens with one attached hydrogen (secondary N) is 6. The monoisotopic (exact) mass is 739 g/mol. The zero-order valence-electron chi connectivity index (χ0n) is 29.9. The van der Waals surface area contributed by atoms with E-state index < -0.39 is 0 Å². The molecule has 0 radical (unpaired) electrons. The van der Waals surface area contributed by atoms with Crippen molar-refractivity contribution in [1.82, 2.24) is 31.9 Å². The van der Waals surface area contributed by atoms with E-state index >= 15 is 0 Å². The van der Waals surface area contributed by atoms with Gasteiger partial charge < -0.3 is 37.0 Å². The maximum atomic E-state index is 10.4. The summed E-state index contributed by atoms with van der Waals surface area (Å²) >= 11 is 0.00694. The molecule has 0 amide bonds. The summed E-state index contributed by atoms with van der Waals surface area (Å²) in [6.07, 6.45) is 17.3. The third-order valence-electron chi connectivity index (χ3n) is 14.6. The summed E-state index contributed by atoms with van der Waals surface area (Å²) in [6, 6.07) is 1.66. The molecule has 5 aliphatic carbocycles. The molecule has 1 saturated heterocycles. The van der Waals surface area contributed by atoms with Gasteiger partial charge in [0, 0.05) is 70.5 Å². The van der Waals surface area contributed by atoms with Gasteiger partial charge in [0.1, 0.15) is 0 Å². The Morgan fingerprint density at radius 1 is 0.766 bits per heavy atom. The molecular formula is C37H70Cl2MnN6O. The molecule has 0 bridgehead atoms. The van der Waals surface area contributed by atoms with Crippen molar-refractivity contribution < 1.29 is 18.2 Å². The molecule has 8 unspecified atom stereocenters. The van der Waals surface area contributed by atoms with Gasteiger partial charge in [-0.25, -0.2) is 0 Å². The minimum absolute atomic E-state index is 0.00694. The number of hydrogen-bond donors (Lipinski definition) is 7. The van der Waals surface area contributed by atoms with Crippen LogP contribution in [0.4, 0.5) is 0 Å². The minimum atomic E-state index is -0.0340. The molecule has 0 spiro atoms. The summed E-state index contributed by atoms with van der Waals surface area (Å²) in [5.41, 5.74) is 1.01. The molecule has 0 aromatic heterocycles. The number of halogens is 2.